The van der Waals surface area contributed by atoms with Crippen LogP contribution in [-0.2, 0) is 14.4 Å². The van der Waals surface area contributed by atoms with Crippen LogP contribution >= 0.6 is 0 Å². The highest BCUT2D eigenvalue weighted by Crippen LogP contribution is 2.25. The number of carbonyl (C=O) groups is 3. The number of Topliss-reactive ketones (excluding diaryl/α,β-unsaturated/α-hetero) is 1. The molecule has 0 spiro atoms. The molecule has 0 amide bonds. The van der Waals surface area contributed by atoms with Crippen molar-refractivity contribution in [3.8, 4) is 0 Å². The van der Waals surface area contributed by atoms with Gasteiger partial charge in [0, 0.05) is 25.8 Å². The monoisotopic (exact) mass is 649 g/mol. The number of carbonyl (C=O) groups excluding carboxylic acids is 3. The minimum absolute atomic E-state index is 0. The Morgan fingerprint density at radius 2 is 1.02 bits per heavy atom. The van der Waals surface area contributed by atoms with Gasteiger partial charge in [0.05, 0.1) is 5.70 Å². The molecule has 1 atom stereocenters. The summed E-state index contributed by atoms with van der Waals surface area (Å²) in [6, 6.07) is 0. The van der Waals surface area contributed by atoms with Crippen molar-refractivity contribution in [2.45, 2.75) is 129 Å². The molecule has 0 aliphatic carbocycles. The van der Waals surface area contributed by atoms with E-state index in [1.807, 2.05) is 0 Å². The van der Waals surface area contributed by atoms with Crippen LogP contribution < -0.4 is 5.73 Å². The molecule has 0 bridgehead atoms. The molecule has 3 rings (SSSR count). The molecule has 3 aliphatic heterocycles. The summed E-state index contributed by atoms with van der Waals surface area (Å²) in [5.74, 6) is 0.287. The van der Waals surface area contributed by atoms with E-state index in [0.717, 1.165) is 58.4 Å². The Kier molecular flexibility index (Phi) is 25.6. The fraction of sp³-hybridized carbons (Fsp3) is 0.763. The van der Waals surface area contributed by atoms with Crippen molar-refractivity contribution in [2.75, 3.05) is 58.9 Å². The summed E-state index contributed by atoms with van der Waals surface area (Å²) in [4.78, 5) is 40.4. The van der Waals surface area contributed by atoms with Gasteiger partial charge in [0.25, 0.3) is 0 Å². The predicted molar refractivity (Wildman–Crippen MR) is 193 cm³/mol. The standard InChI is InChI=1S/C13H22FNO.C12H22N2O.C12H21NO.CH4/c1-3-12(16)6-4-9-15-10-5-7-13(2,14)8-11-15;1-11(13)12(15)7-6-10-14-8-4-2-3-5-9-14;1-2-12(14)8-7-11-13-9-5-3-4-6-10-13;/h3H,1,4-11H2,2H3;1-10,13H2;2H,1,3-11H2;1H4. The quantitative estimate of drug-likeness (QED) is 0.185. The van der Waals surface area contributed by atoms with Crippen molar-refractivity contribution in [3.63, 3.8) is 0 Å². The van der Waals surface area contributed by atoms with Crippen LogP contribution in [0.2, 0.25) is 0 Å². The molecule has 8 heteroatoms. The zero-order valence-corrected chi connectivity index (χ0v) is 28.7. The number of ketones is 3. The highest BCUT2D eigenvalue weighted by molar-refractivity contribution is 5.93. The molecule has 3 aliphatic rings. The summed E-state index contributed by atoms with van der Waals surface area (Å²) in [5.41, 5.74) is 4.53. The molecule has 1 unspecified atom stereocenters. The Bertz CT molecular complexity index is 875. The molecule has 46 heavy (non-hydrogen) atoms. The van der Waals surface area contributed by atoms with E-state index < -0.39 is 5.67 Å². The summed E-state index contributed by atoms with van der Waals surface area (Å²) in [5, 5.41) is 0. The molecule has 3 saturated heterocycles. The Balaban J connectivity index is 0.000000655. The predicted octanol–water partition coefficient (Wildman–Crippen LogP) is 7.45. The van der Waals surface area contributed by atoms with Crippen LogP contribution in [0.15, 0.2) is 37.6 Å². The second-order valence-electron chi connectivity index (χ2n) is 13.2. The normalized spacial score (nSPS) is 21.3. The van der Waals surface area contributed by atoms with Gasteiger partial charge in [0.1, 0.15) is 5.67 Å². The minimum atomic E-state index is -0.994. The highest BCUT2D eigenvalue weighted by atomic mass is 19.1. The Morgan fingerprint density at radius 1 is 0.652 bits per heavy atom. The molecule has 7 nitrogen and oxygen atoms in total. The summed E-state index contributed by atoms with van der Waals surface area (Å²) in [7, 11) is 0. The van der Waals surface area contributed by atoms with Crippen LogP contribution in [0.1, 0.15) is 124 Å². The van der Waals surface area contributed by atoms with E-state index in [4.69, 9.17) is 5.73 Å². The van der Waals surface area contributed by atoms with Gasteiger partial charge in [-0.25, -0.2) is 4.39 Å². The largest absolute Gasteiger partial charge is 0.396 e. The minimum Gasteiger partial charge on any atom is -0.396 e. The summed E-state index contributed by atoms with van der Waals surface area (Å²) in [6.07, 6.45) is 20.3. The van der Waals surface area contributed by atoms with Gasteiger partial charge < -0.3 is 20.4 Å². The zero-order valence-electron chi connectivity index (χ0n) is 28.7. The fourth-order valence-corrected chi connectivity index (χ4v) is 6.02. The van der Waals surface area contributed by atoms with E-state index in [9.17, 15) is 18.8 Å². The molecule has 2 N–H and O–H groups in total. The average Bonchev–Trinajstić information content (AvgIpc) is 3.51. The van der Waals surface area contributed by atoms with Crippen LogP contribution in [0.3, 0.4) is 0 Å². The number of nitrogens with zero attached hydrogens (tertiary/aromatic N) is 3. The third kappa shape index (κ3) is 23.2. The van der Waals surface area contributed by atoms with Gasteiger partial charge in [-0.3, -0.25) is 14.4 Å². The fourth-order valence-electron chi connectivity index (χ4n) is 6.02. The van der Waals surface area contributed by atoms with E-state index in [1.165, 1.54) is 89.7 Å². The lowest BCUT2D eigenvalue weighted by Gasteiger charge is -2.20. The van der Waals surface area contributed by atoms with Gasteiger partial charge in [-0.2, -0.15) is 0 Å². The molecule has 3 heterocycles. The Morgan fingerprint density at radius 3 is 1.41 bits per heavy atom. The number of hydrogen-bond donors (Lipinski definition) is 1. The van der Waals surface area contributed by atoms with Crippen molar-refractivity contribution in [2.24, 2.45) is 5.73 Å². The first kappa shape index (κ1) is 43.8. The number of hydrogen-bond acceptors (Lipinski definition) is 7. The molecule has 0 saturated carbocycles. The Hall–Kier alpha value is -2.16. The van der Waals surface area contributed by atoms with E-state index in [2.05, 4.69) is 34.4 Å². The number of halogens is 1. The highest BCUT2D eigenvalue weighted by Gasteiger charge is 2.26. The number of alkyl halides is 1. The van der Waals surface area contributed by atoms with E-state index >= 15 is 0 Å². The number of nitrogens with two attached hydrogens (primary N) is 1. The van der Waals surface area contributed by atoms with Crippen molar-refractivity contribution < 1.29 is 18.8 Å². The lowest BCUT2D eigenvalue weighted by atomic mass is 10.0. The van der Waals surface area contributed by atoms with E-state index in [1.54, 1.807) is 6.92 Å². The van der Waals surface area contributed by atoms with Crippen LogP contribution in [-0.4, -0.2) is 96.6 Å². The molecule has 0 aromatic heterocycles. The average molecular weight is 649 g/mol. The van der Waals surface area contributed by atoms with Gasteiger partial charge >= 0.3 is 0 Å². The van der Waals surface area contributed by atoms with Crippen molar-refractivity contribution in [3.05, 3.63) is 37.6 Å². The SMILES string of the molecule is C.C=C(N)C(=O)CCCN1CCCCCC1.C=CC(=O)CCCN1CCCC(C)(F)CC1.C=CC(=O)CCCN1CCCCCC1. The molecule has 0 aromatic carbocycles. The van der Waals surface area contributed by atoms with Gasteiger partial charge in [-0.05, 0) is 136 Å². The van der Waals surface area contributed by atoms with Gasteiger partial charge in [0.2, 0.25) is 0 Å². The smallest absolute Gasteiger partial charge is 0.177 e. The number of rotatable bonds is 15. The van der Waals surface area contributed by atoms with Gasteiger partial charge in [-0.15, -0.1) is 0 Å². The molecule has 266 valence electrons. The first-order chi connectivity index (χ1) is 21.6. The van der Waals surface area contributed by atoms with Crippen molar-refractivity contribution in [1.82, 2.24) is 14.7 Å². The summed E-state index contributed by atoms with van der Waals surface area (Å²) >= 11 is 0. The van der Waals surface area contributed by atoms with Gasteiger partial charge in [-0.1, -0.05) is 52.8 Å². The van der Waals surface area contributed by atoms with E-state index in [0.29, 0.717) is 32.1 Å². The summed E-state index contributed by atoms with van der Waals surface area (Å²) in [6.45, 7) is 21.7. The maximum absolute atomic E-state index is 13.7. The van der Waals surface area contributed by atoms with E-state index in [-0.39, 0.29) is 30.5 Å². The molecule has 3 fully saturated rings. The van der Waals surface area contributed by atoms with Crippen molar-refractivity contribution in [1.29, 1.82) is 0 Å². The second kappa shape index (κ2) is 26.9. The molecule has 0 radical (unpaired) electrons. The van der Waals surface area contributed by atoms with Crippen LogP contribution in [0.5, 0.6) is 0 Å². The maximum Gasteiger partial charge on any atom is 0.177 e. The first-order valence-corrected chi connectivity index (χ1v) is 17.7. The topological polar surface area (TPSA) is 87.0 Å². The van der Waals surface area contributed by atoms with Crippen molar-refractivity contribution >= 4 is 17.3 Å². The Labute approximate surface area is 281 Å². The maximum atomic E-state index is 13.7. The first-order valence-electron chi connectivity index (χ1n) is 17.7. The molecular formula is C38H69FN4O3. The van der Waals surface area contributed by atoms with Crippen LogP contribution in [0.25, 0.3) is 0 Å². The zero-order chi connectivity index (χ0) is 33.3. The molecular weight excluding hydrogens is 579 g/mol. The molecule has 0 aromatic rings. The van der Waals surface area contributed by atoms with Crippen LogP contribution in [0, 0.1) is 0 Å². The second-order valence-corrected chi connectivity index (χ2v) is 13.2. The number of likely N-dealkylation sites (tertiary alicyclic amines) is 3. The summed E-state index contributed by atoms with van der Waals surface area (Å²) < 4.78 is 13.7. The number of allylic oxidation sites excluding steroid dienone is 3. The third-order valence-electron chi connectivity index (χ3n) is 9.01. The third-order valence-corrected chi connectivity index (χ3v) is 9.01. The lowest BCUT2D eigenvalue weighted by Crippen LogP contribution is -2.27. The van der Waals surface area contributed by atoms with Gasteiger partial charge in [0.15, 0.2) is 17.3 Å². The van der Waals surface area contributed by atoms with Crippen LogP contribution in [0.4, 0.5) is 4.39 Å². The lowest BCUT2D eigenvalue weighted by molar-refractivity contribution is -0.116.